The molecule has 0 aromatic carbocycles. The summed E-state index contributed by atoms with van der Waals surface area (Å²) in [5.74, 6) is 5.35. The van der Waals surface area contributed by atoms with Crippen LogP contribution in [0.3, 0.4) is 0 Å². The average molecular weight is 270 g/mol. The molecule has 0 saturated heterocycles. The number of nitrogens with two attached hydrogens (primary N) is 1. The van der Waals surface area contributed by atoms with Crippen LogP contribution < -0.4 is 11.3 Å². The number of hydrazine groups is 1. The summed E-state index contributed by atoms with van der Waals surface area (Å²) in [6, 6.07) is 0. The van der Waals surface area contributed by atoms with Gasteiger partial charge in [-0.3, -0.25) is 10.2 Å². The molecule has 1 unspecified atom stereocenters. The van der Waals surface area contributed by atoms with Crippen molar-refractivity contribution in [3.05, 3.63) is 0 Å². The first-order valence-electron chi connectivity index (χ1n) is 8.11. The lowest BCUT2D eigenvalue weighted by molar-refractivity contribution is -0.131. The van der Waals surface area contributed by atoms with Crippen molar-refractivity contribution < 1.29 is 4.79 Å². The van der Waals surface area contributed by atoms with Gasteiger partial charge in [0.15, 0.2) is 0 Å². The SMILES string of the molecule is CCCCCCCC(C)(CCCCCC)C(=O)NN. The Labute approximate surface area is 119 Å². The van der Waals surface area contributed by atoms with Crippen molar-refractivity contribution in [2.45, 2.75) is 91.4 Å². The van der Waals surface area contributed by atoms with Crippen LogP contribution in [0.1, 0.15) is 91.4 Å². The fourth-order valence-electron chi connectivity index (χ4n) is 2.59. The second-order valence-electron chi connectivity index (χ2n) is 6.01. The third kappa shape index (κ3) is 8.25. The predicted molar refractivity (Wildman–Crippen MR) is 82.6 cm³/mol. The molecule has 0 aliphatic rings. The minimum Gasteiger partial charge on any atom is -0.294 e. The fourth-order valence-corrected chi connectivity index (χ4v) is 2.59. The molecule has 0 radical (unpaired) electrons. The topological polar surface area (TPSA) is 55.1 Å². The van der Waals surface area contributed by atoms with Crippen molar-refractivity contribution in [2.24, 2.45) is 11.3 Å². The number of nitrogens with one attached hydrogen (secondary N) is 1. The van der Waals surface area contributed by atoms with Crippen molar-refractivity contribution >= 4 is 5.91 Å². The van der Waals surface area contributed by atoms with Crippen molar-refractivity contribution in [1.82, 2.24) is 5.43 Å². The minimum absolute atomic E-state index is 0.0134. The van der Waals surface area contributed by atoms with Crippen LogP contribution in [0.4, 0.5) is 0 Å². The molecule has 114 valence electrons. The molecule has 0 aromatic heterocycles. The van der Waals surface area contributed by atoms with Gasteiger partial charge in [0.05, 0.1) is 0 Å². The number of hydrogen-bond acceptors (Lipinski definition) is 2. The lowest BCUT2D eigenvalue weighted by atomic mass is 9.79. The second-order valence-corrected chi connectivity index (χ2v) is 6.01. The molecule has 3 nitrogen and oxygen atoms in total. The second kappa shape index (κ2) is 11.3. The van der Waals surface area contributed by atoms with Crippen LogP contribution in [0.5, 0.6) is 0 Å². The highest BCUT2D eigenvalue weighted by Gasteiger charge is 2.31. The van der Waals surface area contributed by atoms with Gasteiger partial charge in [0, 0.05) is 5.41 Å². The summed E-state index contributed by atoms with van der Waals surface area (Å²) in [5.41, 5.74) is 2.09. The average Bonchev–Trinajstić information content (AvgIpc) is 2.42. The highest BCUT2D eigenvalue weighted by molar-refractivity contribution is 5.81. The quantitative estimate of drug-likeness (QED) is 0.240. The number of unbranched alkanes of at least 4 members (excludes halogenated alkanes) is 7. The molecule has 0 heterocycles. The summed E-state index contributed by atoms with van der Waals surface area (Å²) in [6.45, 7) is 6.50. The zero-order chi connectivity index (χ0) is 14.6. The fraction of sp³-hybridized carbons (Fsp3) is 0.938. The van der Waals surface area contributed by atoms with E-state index in [9.17, 15) is 4.79 Å². The van der Waals surface area contributed by atoms with Gasteiger partial charge in [0.25, 0.3) is 0 Å². The van der Waals surface area contributed by atoms with Gasteiger partial charge in [-0.05, 0) is 12.8 Å². The Bertz CT molecular complexity index is 231. The summed E-state index contributed by atoms with van der Waals surface area (Å²) in [6.07, 6.45) is 13.0. The van der Waals surface area contributed by atoms with Gasteiger partial charge >= 0.3 is 0 Å². The van der Waals surface area contributed by atoms with Crippen molar-refractivity contribution in [3.8, 4) is 0 Å². The number of hydrogen-bond donors (Lipinski definition) is 2. The molecule has 0 aromatic rings. The standard InChI is InChI=1S/C16H34N2O/c1-4-6-8-10-12-14-16(3,15(19)18-17)13-11-9-7-5-2/h4-14,17H2,1-3H3,(H,18,19). The van der Waals surface area contributed by atoms with Gasteiger partial charge in [0.2, 0.25) is 5.91 Å². The number of rotatable bonds is 12. The van der Waals surface area contributed by atoms with Crippen LogP contribution in [-0.2, 0) is 4.79 Å². The number of carbonyl (C=O) groups excluding carboxylic acids is 1. The Morgan fingerprint density at radius 2 is 1.32 bits per heavy atom. The van der Waals surface area contributed by atoms with Crippen LogP contribution in [0.15, 0.2) is 0 Å². The highest BCUT2D eigenvalue weighted by Crippen LogP contribution is 2.31. The molecule has 0 spiro atoms. The maximum atomic E-state index is 12.0. The van der Waals surface area contributed by atoms with Crippen molar-refractivity contribution in [3.63, 3.8) is 0 Å². The maximum Gasteiger partial charge on any atom is 0.239 e. The largest absolute Gasteiger partial charge is 0.294 e. The summed E-state index contributed by atoms with van der Waals surface area (Å²) in [7, 11) is 0. The molecule has 0 aliphatic heterocycles. The van der Waals surface area contributed by atoms with E-state index in [1.54, 1.807) is 0 Å². The maximum absolute atomic E-state index is 12.0. The molecular formula is C16H34N2O. The van der Waals surface area contributed by atoms with Crippen LogP contribution in [0.25, 0.3) is 0 Å². The summed E-state index contributed by atoms with van der Waals surface area (Å²) in [4.78, 5) is 12.0. The Morgan fingerprint density at radius 3 is 1.74 bits per heavy atom. The minimum atomic E-state index is -0.269. The Kier molecular flexibility index (Phi) is 10.9. The van der Waals surface area contributed by atoms with E-state index in [0.717, 1.165) is 25.7 Å². The number of carbonyl (C=O) groups is 1. The first kappa shape index (κ1) is 18.4. The third-order valence-corrected chi connectivity index (χ3v) is 4.09. The van der Waals surface area contributed by atoms with E-state index < -0.39 is 0 Å². The van der Waals surface area contributed by atoms with Crippen molar-refractivity contribution in [2.75, 3.05) is 0 Å². The summed E-state index contributed by atoms with van der Waals surface area (Å²) >= 11 is 0. The zero-order valence-electron chi connectivity index (χ0n) is 13.3. The molecule has 1 amide bonds. The highest BCUT2D eigenvalue weighted by atomic mass is 16.2. The molecule has 0 fully saturated rings. The van der Waals surface area contributed by atoms with Crippen LogP contribution in [-0.4, -0.2) is 5.91 Å². The van der Waals surface area contributed by atoms with Gasteiger partial charge in [-0.2, -0.15) is 0 Å². The van der Waals surface area contributed by atoms with E-state index in [4.69, 9.17) is 5.84 Å². The van der Waals surface area contributed by atoms with E-state index in [1.807, 2.05) is 0 Å². The van der Waals surface area contributed by atoms with E-state index in [0.29, 0.717) is 0 Å². The van der Waals surface area contributed by atoms with Crippen LogP contribution >= 0.6 is 0 Å². The first-order chi connectivity index (χ1) is 9.10. The molecule has 0 saturated carbocycles. The molecule has 0 bridgehead atoms. The number of amides is 1. The molecular weight excluding hydrogens is 236 g/mol. The summed E-state index contributed by atoms with van der Waals surface area (Å²) in [5, 5.41) is 0. The monoisotopic (exact) mass is 270 g/mol. The van der Waals surface area contributed by atoms with E-state index in [2.05, 4.69) is 26.2 Å². The molecule has 0 rings (SSSR count). The lowest BCUT2D eigenvalue weighted by Crippen LogP contribution is -2.42. The van der Waals surface area contributed by atoms with E-state index in [1.165, 1.54) is 44.9 Å². The predicted octanol–water partition coefficient (Wildman–Crippen LogP) is 4.31. The van der Waals surface area contributed by atoms with Gasteiger partial charge in [-0.1, -0.05) is 78.6 Å². The van der Waals surface area contributed by atoms with Gasteiger partial charge in [-0.15, -0.1) is 0 Å². The van der Waals surface area contributed by atoms with Crippen molar-refractivity contribution in [1.29, 1.82) is 0 Å². The van der Waals surface area contributed by atoms with Gasteiger partial charge in [-0.25, -0.2) is 5.84 Å². The lowest BCUT2D eigenvalue weighted by Gasteiger charge is -2.27. The van der Waals surface area contributed by atoms with Gasteiger partial charge < -0.3 is 0 Å². The third-order valence-electron chi connectivity index (χ3n) is 4.09. The van der Waals surface area contributed by atoms with Crippen LogP contribution in [0, 0.1) is 5.41 Å². The normalized spacial score (nSPS) is 14.1. The zero-order valence-corrected chi connectivity index (χ0v) is 13.3. The molecule has 3 N–H and O–H groups in total. The molecule has 3 heteroatoms. The van der Waals surface area contributed by atoms with E-state index >= 15 is 0 Å². The molecule has 1 atom stereocenters. The summed E-state index contributed by atoms with van der Waals surface area (Å²) < 4.78 is 0. The first-order valence-corrected chi connectivity index (χ1v) is 8.11. The molecule has 19 heavy (non-hydrogen) atoms. The Hall–Kier alpha value is -0.570. The Balaban J connectivity index is 4.08. The Morgan fingerprint density at radius 1 is 0.895 bits per heavy atom. The smallest absolute Gasteiger partial charge is 0.239 e. The molecule has 0 aliphatic carbocycles. The van der Waals surface area contributed by atoms with Crippen LogP contribution in [0.2, 0.25) is 0 Å². The van der Waals surface area contributed by atoms with E-state index in [-0.39, 0.29) is 11.3 Å². The van der Waals surface area contributed by atoms with Gasteiger partial charge in [0.1, 0.15) is 0 Å².